The highest BCUT2D eigenvalue weighted by Crippen LogP contribution is 2.36. The van der Waals surface area contributed by atoms with Crippen LogP contribution in [0.2, 0.25) is 0 Å². The van der Waals surface area contributed by atoms with E-state index in [0.29, 0.717) is 17.9 Å². The maximum atomic E-state index is 12.7. The maximum Gasteiger partial charge on any atom is 0.240 e. The summed E-state index contributed by atoms with van der Waals surface area (Å²) in [5.74, 6) is 1.71. The number of piperidine rings is 1. The van der Waals surface area contributed by atoms with Gasteiger partial charge in [-0.15, -0.1) is 0 Å². The quantitative estimate of drug-likeness (QED) is 0.773. The van der Waals surface area contributed by atoms with Gasteiger partial charge in [0.1, 0.15) is 0 Å². The molecule has 3 rings (SSSR count). The summed E-state index contributed by atoms with van der Waals surface area (Å²) in [5, 5.41) is 3.41. The minimum Gasteiger partial charge on any atom is -0.338 e. The lowest BCUT2D eigenvalue weighted by Gasteiger charge is -2.45. The minimum absolute atomic E-state index is 0.102. The lowest BCUT2D eigenvalue weighted by Crippen LogP contribution is -2.55. The van der Waals surface area contributed by atoms with Gasteiger partial charge in [0.05, 0.1) is 6.04 Å². The first-order valence-corrected chi connectivity index (χ1v) is 7.81. The highest BCUT2D eigenvalue weighted by Gasteiger charge is 2.40. The molecule has 0 bridgehead atoms. The largest absolute Gasteiger partial charge is 0.338 e. The van der Waals surface area contributed by atoms with Gasteiger partial charge in [-0.05, 0) is 50.5 Å². The standard InChI is InChI=1S/C15H26N2O/c1-11-8-9-16-14(11)15(18)17-10-4-6-12-5-2-3-7-13(12)17/h11-14,16H,2-10H2,1H3. The molecular formula is C15H26N2O. The Morgan fingerprint density at radius 2 is 1.89 bits per heavy atom. The van der Waals surface area contributed by atoms with Crippen molar-refractivity contribution >= 4 is 5.91 Å². The molecule has 3 aliphatic rings. The lowest BCUT2D eigenvalue weighted by atomic mass is 9.78. The predicted octanol–water partition coefficient (Wildman–Crippen LogP) is 2.17. The molecular weight excluding hydrogens is 224 g/mol. The van der Waals surface area contributed by atoms with Gasteiger partial charge in [-0.2, -0.15) is 0 Å². The van der Waals surface area contributed by atoms with Gasteiger partial charge in [-0.25, -0.2) is 0 Å². The molecule has 1 amide bonds. The van der Waals surface area contributed by atoms with E-state index in [2.05, 4.69) is 17.1 Å². The van der Waals surface area contributed by atoms with Crippen LogP contribution >= 0.6 is 0 Å². The van der Waals surface area contributed by atoms with Crippen molar-refractivity contribution in [3.63, 3.8) is 0 Å². The number of carbonyl (C=O) groups excluding carboxylic acids is 1. The van der Waals surface area contributed by atoms with Crippen LogP contribution in [0.1, 0.15) is 51.9 Å². The molecule has 1 N–H and O–H groups in total. The Bertz CT molecular complexity index is 316. The zero-order chi connectivity index (χ0) is 12.5. The van der Waals surface area contributed by atoms with E-state index in [1.54, 1.807) is 0 Å². The van der Waals surface area contributed by atoms with Crippen LogP contribution in [0.4, 0.5) is 0 Å². The van der Waals surface area contributed by atoms with Crippen molar-refractivity contribution in [3.05, 3.63) is 0 Å². The Balaban J connectivity index is 1.71. The molecule has 4 unspecified atom stereocenters. The van der Waals surface area contributed by atoms with Crippen molar-refractivity contribution in [2.24, 2.45) is 11.8 Å². The van der Waals surface area contributed by atoms with Crippen LogP contribution in [-0.2, 0) is 4.79 Å². The molecule has 0 radical (unpaired) electrons. The Kier molecular flexibility index (Phi) is 3.60. The molecule has 4 atom stereocenters. The van der Waals surface area contributed by atoms with E-state index in [0.717, 1.165) is 25.4 Å². The third-order valence-corrected chi connectivity index (χ3v) is 5.33. The number of amides is 1. The van der Waals surface area contributed by atoms with Crippen molar-refractivity contribution in [2.75, 3.05) is 13.1 Å². The molecule has 0 aromatic heterocycles. The summed E-state index contributed by atoms with van der Waals surface area (Å²) in [6, 6.07) is 0.667. The van der Waals surface area contributed by atoms with Crippen LogP contribution < -0.4 is 5.32 Å². The van der Waals surface area contributed by atoms with Gasteiger partial charge in [0.25, 0.3) is 0 Å². The summed E-state index contributed by atoms with van der Waals surface area (Å²) in [6.07, 6.45) is 9.01. The number of nitrogens with one attached hydrogen (secondary N) is 1. The van der Waals surface area contributed by atoms with E-state index >= 15 is 0 Å². The van der Waals surface area contributed by atoms with Gasteiger partial charge >= 0.3 is 0 Å². The molecule has 2 heterocycles. The van der Waals surface area contributed by atoms with E-state index in [9.17, 15) is 4.79 Å². The topological polar surface area (TPSA) is 32.3 Å². The van der Waals surface area contributed by atoms with E-state index in [-0.39, 0.29) is 6.04 Å². The summed E-state index contributed by atoms with van der Waals surface area (Å²) >= 11 is 0. The molecule has 3 heteroatoms. The highest BCUT2D eigenvalue weighted by molar-refractivity contribution is 5.83. The molecule has 3 fully saturated rings. The molecule has 102 valence electrons. The average Bonchev–Trinajstić information content (AvgIpc) is 2.83. The van der Waals surface area contributed by atoms with Crippen LogP contribution in [0.3, 0.4) is 0 Å². The minimum atomic E-state index is 0.102. The number of fused-ring (bicyclic) bond motifs is 1. The number of nitrogens with zero attached hydrogens (tertiary/aromatic N) is 1. The fourth-order valence-electron chi connectivity index (χ4n) is 4.24. The fourth-order valence-corrected chi connectivity index (χ4v) is 4.24. The Morgan fingerprint density at radius 3 is 2.67 bits per heavy atom. The number of hydrogen-bond acceptors (Lipinski definition) is 2. The summed E-state index contributed by atoms with van der Waals surface area (Å²) in [4.78, 5) is 15.0. The first-order chi connectivity index (χ1) is 8.77. The summed E-state index contributed by atoms with van der Waals surface area (Å²) in [6.45, 7) is 4.23. The average molecular weight is 250 g/mol. The predicted molar refractivity (Wildman–Crippen MR) is 72.3 cm³/mol. The summed E-state index contributed by atoms with van der Waals surface area (Å²) in [5.41, 5.74) is 0. The molecule has 0 aromatic carbocycles. The first kappa shape index (κ1) is 12.5. The molecule has 18 heavy (non-hydrogen) atoms. The molecule has 0 aromatic rings. The number of carbonyl (C=O) groups is 1. The van der Waals surface area contributed by atoms with Crippen LogP contribution in [-0.4, -0.2) is 36.0 Å². The third kappa shape index (κ3) is 2.18. The second kappa shape index (κ2) is 5.20. The van der Waals surface area contributed by atoms with Crippen LogP contribution in [0.5, 0.6) is 0 Å². The Hall–Kier alpha value is -0.570. The van der Waals surface area contributed by atoms with Crippen LogP contribution in [0.25, 0.3) is 0 Å². The lowest BCUT2D eigenvalue weighted by molar-refractivity contribution is -0.140. The van der Waals surface area contributed by atoms with E-state index < -0.39 is 0 Å². The second-order valence-corrected chi connectivity index (χ2v) is 6.48. The van der Waals surface area contributed by atoms with Gasteiger partial charge in [0.15, 0.2) is 0 Å². The SMILES string of the molecule is CC1CCNC1C(=O)N1CCCC2CCCCC21. The second-order valence-electron chi connectivity index (χ2n) is 6.48. The zero-order valence-electron chi connectivity index (χ0n) is 11.5. The van der Waals surface area contributed by atoms with Gasteiger partial charge in [-0.1, -0.05) is 19.8 Å². The van der Waals surface area contributed by atoms with E-state index in [4.69, 9.17) is 0 Å². The van der Waals surface area contributed by atoms with Crippen molar-refractivity contribution in [2.45, 2.75) is 64.0 Å². The highest BCUT2D eigenvalue weighted by atomic mass is 16.2. The smallest absolute Gasteiger partial charge is 0.240 e. The molecule has 1 saturated carbocycles. The fraction of sp³-hybridized carbons (Fsp3) is 0.933. The van der Waals surface area contributed by atoms with Gasteiger partial charge in [-0.3, -0.25) is 4.79 Å². The van der Waals surface area contributed by atoms with Gasteiger partial charge in [0, 0.05) is 12.6 Å². The van der Waals surface area contributed by atoms with Gasteiger partial charge in [0.2, 0.25) is 5.91 Å². The van der Waals surface area contributed by atoms with Crippen LogP contribution in [0.15, 0.2) is 0 Å². The van der Waals surface area contributed by atoms with Crippen LogP contribution in [0, 0.1) is 11.8 Å². The van der Waals surface area contributed by atoms with Crippen molar-refractivity contribution < 1.29 is 4.79 Å². The Morgan fingerprint density at radius 1 is 1.11 bits per heavy atom. The van der Waals surface area contributed by atoms with E-state index in [1.165, 1.54) is 38.5 Å². The van der Waals surface area contributed by atoms with Crippen molar-refractivity contribution in [1.82, 2.24) is 10.2 Å². The molecule has 2 saturated heterocycles. The maximum absolute atomic E-state index is 12.7. The molecule has 2 aliphatic heterocycles. The Labute approximate surface area is 110 Å². The van der Waals surface area contributed by atoms with Crippen molar-refractivity contribution in [3.8, 4) is 0 Å². The molecule has 1 aliphatic carbocycles. The number of likely N-dealkylation sites (tertiary alicyclic amines) is 1. The molecule has 3 nitrogen and oxygen atoms in total. The van der Waals surface area contributed by atoms with Gasteiger partial charge < -0.3 is 10.2 Å². The first-order valence-electron chi connectivity index (χ1n) is 7.81. The number of rotatable bonds is 1. The monoisotopic (exact) mass is 250 g/mol. The zero-order valence-corrected chi connectivity index (χ0v) is 11.5. The summed E-state index contributed by atoms with van der Waals surface area (Å²) in [7, 11) is 0. The van der Waals surface area contributed by atoms with E-state index in [1.807, 2.05) is 0 Å². The summed E-state index contributed by atoms with van der Waals surface area (Å²) < 4.78 is 0. The molecule has 0 spiro atoms. The normalized spacial score (nSPS) is 40.6. The van der Waals surface area contributed by atoms with Crippen molar-refractivity contribution in [1.29, 1.82) is 0 Å². The third-order valence-electron chi connectivity index (χ3n) is 5.33. The number of hydrogen-bond donors (Lipinski definition) is 1.